The summed E-state index contributed by atoms with van der Waals surface area (Å²) in [6, 6.07) is 1.99. The SMILES string of the molecule is CC(/C=C/Cc1ccoc1)=C\C=C\C(C)C. The average Bonchev–Trinajstić information content (AvgIpc) is 2.70. The molecular formula is C15H20O. The highest BCUT2D eigenvalue weighted by atomic mass is 16.3. The van der Waals surface area contributed by atoms with Gasteiger partial charge in [0.05, 0.1) is 12.5 Å². The van der Waals surface area contributed by atoms with Gasteiger partial charge in [-0.3, -0.25) is 0 Å². The highest BCUT2D eigenvalue weighted by Crippen LogP contribution is 2.04. The third-order valence-electron chi connectivity index (χ3n) is 2.17. The summed E-state index contributed by atoms with van der Waals surface area (Å²) >= 11 is 0. The fraction of sp³-hybridized carbons (Fsp3) is 0.333. The van der Waals surface area contributed by atoms with Crippen molar-refractivity contribution >= 4 is 0 Å². The normalized spacial score (nSPS) is 13.4. The molecule has 0 bridgehead atoms. The molecule has 16 heavy (non-hydrogen) atoms. The molecule has 0 spiro atoms. The second kappa shape index (κ2) is 6.89. The fourth-order valence-electron chi connectivity index (χ4n) is 1.27. The Morgan fingerprint density at radius 3 is 2.88 bits per heavy atom. The Morgan fingerprint density at radius 2 is 2.25 bits per heavy atom. The maximum atomic E-state index is 5.00. The van der Waals surface area contributed by atoms with Crippen LogP contribution in [-0.4, -0.2) is 0 Å². The molecule has 0 N–H and O–H groups in total. The first-order valence-electron chi connectivity index (χ1n) is 5.71. The second-order valence-corrected chi connectivity index (χ2v) is 4.28. The monoisotopic (exact) mass is 216 g/mol. The van der Waals surface area contributed by atoms with Crippen LogP contribution in [0.15, 0.2) is 59.0 Å². The van der Waals surface area contributed by atoms with Crippen molar-refractivity contribution in [1.82, 2.24) is 0 Å². The zero-order valence-electron chi connectivity index (χ0n) is 10.3. The van der Waals surface area contributed by atoms with Crippen molar-refractivity contribution in [2.24, 2.45) is 5.92 Å². The minimum atomic E-state index is 0.610. The molecule has 0 aliphatic heterocycles. The van der Waals surface area contributed by atoms with Gasteiger partial charge in [0.1, 0.15) is 0 Å². The molecule has 0 unspecified atom stereocenters. The maximum absolute atomic E-state index is 5.00. The molecule has 1 heteroatoms. The van der Waals surface area contributed by atoms with E-state index in [0.717, 1.165) is 6.42 Å². The average molecular weight is 216 g/mol. The van der Waals surface area contributed by atoms with Crippen LogP contribution in [-0.2, 0) is 6.42 Å². The highest BCUT2D eigenvalue weighted by Gasteiger charge is 1.89. The molecule has 1 nitrogen and oxygen atoms in total. The molecule has 0 saturated carbocycles. The van der Waals surface area contributed by atoms with E-state index < -0.39 is 0 Å². The van der Waals surface area contributed by atoms with Crippen LogP contribution in [0.4, 0.5) is 0 Å². The Hall–Kier alpha value is -1.50. The number of rotatable bonds is 5. The highest BCUT2D eigenvalue weighted by molar-refractivity contribution is 5.23. The zero-order valence-corrected chi connectivity index (χ0v) is 10.3. The maximum Gasteiger partial charge on any atom is 0.0937 e. The molecule has 0 fully saturated rings. The van der Waals surface area contributed by atoms with Gasteiger partial charge in [0.2, 0.25) is 0 Å². The van der Waals surface area contributed by atoms with E-state index >= 15 is 0 Å². The predicted molar refractivity (Wildman–Crippen MR) is 69.3 cm³/mol. The Balaban J connectivity index is 2.38. The largest absolute Gasteiger partial charge is 0.472 e. The molecule has 1 aromatic rings. The first-order chi connectivity index (χ1) is 7.68. The van der Waals surface area contributed by atoms with E-state index in [1.807, 2.05) is 6.07 Å². The molecular weight excluding hydrogens is 196 g/mol. The van der Waals surface area contributed by atoms with Crippen molar-refractivity contribution in [2.45, 2.75) is 27.2 Å². The van der Waals surface area contributed by atoms with Gasteiger partial charge in [0, 0.05) is 0 Å². The summed E-state index contributed by atoms with van der Waals surface area (Å²) in [5, 5.41) is 0. The molecule has 1 rings (SSSR count). The van der Waals surface area contributed by atoms with Gasteiger partial charge in [-0.1, -0.05) is 49.8 Å². The molecule has 86 valence electrons. The third-order valence-corrected chi connectivity index (χ3v) is 2.17. The summed E-state index contributed by atoms with van der Waals surface area (Å²) in [4.78, 5) is 0. The molecule has 0 radical (unpaired) electrons. The van der Waals surface area contributed by atoms with E-state index in [-0.39, 0.29) is 0 Å². The summed E-state index contributed by atoms with van der Waals surface area (Å²) in [6.45, 7) is 6.46. The van der Waals surface area contributed by atoms with Crippen molar-refractivity contribution < 1.29 is 4.42 Å². The zero-order chi connectivity index (χ0) is 11.8. The molecule has 0 saturated heterocycles. The Bertz CT molecular complexity index is 364. The summed E-state index contributed by atoms with van der Waals surface area (Å²) in [5.41, 5.74) is 2.47. The van der Waals surface area contributed by atoms with Crippen LogP contribution >= 0.6 is 0 Å². The lowest BCUT2D eigenvalue weighted by Crippen LogP contribution is -1.76. The number of hydrogen-bond donors (Lipinski definition) is 0. The second-order valence-electron chi connectivity index (χ2n) is 4.28. The lowest BCUT2D eigenvalue weighted by atomic mass is 10.1. The third kappa shape index (κ3) is 5.40. The summed E-state index contributed by atoms with van der Waals surface area (Å²) < 4.78 is 5.00. The van der Waals surface area contributed by atoms with Gasteiger partial charge in [-0.2, -0.15) is 0 Å². The van der Waals surface area contributed by atoms with Crippen LogP contribution < -0.4 is 0 Å². The van der Waals surface area contributed by atoms with Gasteiger partial charge in [-0.05, 0) is 30.9 Å². The predicted octanol–water partition coefficient (Wildman–Crippen LogP) is 4.54. The fourth-order valence-corrected chi connectivity index (χ4v) is 1.27. The van der Waals surface area contributed by atoms with E-state index in [2.05, 4.69) is 51.2 Å². The minimum Gasteiger partial charge on any atom is -0.472 e. The van der Waals surface area contributed by atoms with Gasteiger partial charge in [-0.25, -0.2) is 0 Å². The van der Waals surface area contributed by atoms with Gasteiger partial charge in [0.25, 0.3) is 0 Å². The van der Waals surface area contributed by atoms with Crippen molar-refractivity contribution in [2.75, 3.05) is 0 Å². The summed E-state index contributed by atoms with van der Waals surface area (Å²) in [7, 11) is 0. The van der Waals surface area contributed by atoms with E-state index in [4.69, 9.17) is 4.42 Å². The molecule has 0 amide bonds. The standard InChI is InChI=1S/C15H20O/c1-13(2)6-4-7-14(3)8-5-9-15-10-11-16-12-15/h4-8,10-13H,9H2,1-3H3/b6-4+,8-5+,14-7+. The lowest BCUT2D eigenvalue weighted by molar-refractivity contribution is 0.565. The molecule has 0 aromatic carbocycles. The van der Waals surface area contributed by atoms with Crippen LogP contribution in [0.3, 0.4) is 0 Å². The van der Waals surface area contributed by atoms with Crippen molar-refractivity contribution in [3.63, 3.8) is 0 Å². The molecule has 0 aliphatic rings. The van der Waals surface area contributed by atoms with Crippen LogP contribution in [0, 0.1) is 5.92 Å². The van der Waals surface area contributed by atoms with Gasteiger partial charge in [0.15, 0.2) is 0 Å². The first kappa shape index (κ1) is 12.6. The van der Waals surface area contributed by atoms with Gasteiger partial charge in [-0.15, -0.1) is 0 Å². The van der Waals surface area contributed by atoms with Crippen molar-refractivity contribution in [3.8, 4) is 0 Å². The number of allylic oxidation sites excluding steroid dienone is 6. The van der Waals surface area contributed by atoms with Crippen molar-refractivity contribution in [3.05, 3.63) is 60.1 Å². The van der Waals surface area contributed by atoms with E-state index in [0.29, 0.717) is 5.92 Å². The van der Waals surface area contributed by atoms with Crippen LogP contribution in [0.5, 0.6) is 0 Å². The Labute approximate surface area is 98.2 Å². The quantitative estimate of drug-likeness (QED) is 0.659. The first-order valence-corrected chi connectivity index (χ1v) is 5.71. The topological polar surface area (TPSA) is 13.1 Å². The summed E-state index contributed by atoms with van der Waals surface area (Å²) in [5.74, 6) is 0.610. The smallest absolute Gasteiger partial charge is 0.0937 e. The molecule has 0 atom stereocenters. The minimum absolute atomic E-state index is 0.610. The number of hydrogen-bond acceptors (Lipinski definition) is 1. The summed E-state index contributed by atoms with van der Waals surface area (Å²) in [6.07, 6.45) is 15.1. The molecule has 1 heterocycles. The van der Waals surface area contributed by atoms with E-state index in [1.165, 1.54) is 11.1 Å². The van der Waals surface area contributed by atoms with Crippen LogP contribution in [0.25, 0.3) is 0 Å². The molecule has 0 aliphatic carbocycles. The number of furan rings is 1. The Morgan fingerprint density at radius 1 is 1.44 bits per heavy atom. The van der Waals surface area contributed by atoms with Gasteiger partial charge >= 0.3 is 0 Å². The van der Waals surface area contributed by atoms with Crippen molar-refractivity contribution in [1.29, 1.82) is 0 Å². The Kier molecular flexibility index (Phi) is 5.41. The van der Waals surface area contributed by atoms with Gasteiger partial charge < -0.3 is 4.42 Å². The van der Waals surface area contributed by atoms with Crippen LogP contribution in [0.2, 0.25) is 0 Å². The molecule has 1 aromatic heterocycles. The van der Waals surface area contributed by atoms with Crippen LogP contribution in [0.1, 0.15) is 26.3 Å². The van der Waals surface area contributed by atoms with E-state index in [1.54, 1.807) is 12.5 Å². The van der Waals surface area contributed by atoms with E-state index in [9.17, 15) is 0 Å². The lowest BCUT2D eigenvalue weighted by Gasteiger charge is -1.92.